The van der Waals surface area contributed by atoms with E-state index in [4.69, 9.17) is 4.74 Å². The highest BCUT2D eigenvalue weighted by molar-refractivity contribution is 6.45. The summed E-state index contributed by atoms with van der Waals surface area (Å²) in [5.74, 6) is -0.620. The van der Waals surface area contributed by atoms with Crippen molar-refractivity contribution in [3.63, 3.8) is 0 Å². The number of rotatable bonds is 2. The zero-order chi connectivity index (χ0) is 19.3. The molecule has 7 rings (SSSR count). The van der Waals surface area contributed by atoms with Crippen LogP contribution in [-0.4, -0.2) is 12.4 Å². The Hall–Kier alpha value is -3.98. The number of benzene rings is 7. The first-order valence-electron chi connectivity index (χ1n) is 9.51. The molecule has 0 aliphatic rings. The molecule has 0 N–H and O–H groups in total. The van der Waals surface area contributed by atoms with E-state index in [1.807, 2.05) is 24.3 Å². The van der Waals surface area contributed by atoms with Gasteiger partial charge in [-0.2, -0.15) is 0 Å². The second kappa shape index (κ2) is 4.89. The summed E-state index contributed by atoms with van der Waals surface area (Å²) in [6, 6.07) is 23.0. The largest absolute Gasteiger partial charge is 0.392 e. The van der Waals surface area contributed by atoms with Crippen molar-refractivity contribution in [3.8, 4) is 0 Å². The van der Waals surface area contributed by atoms with E-state index in [1.165, 1.54) is 43.1 Å². The molecule has 134 valence electrons. The summed E-state index contributed by atoms with van der Waals surface area (Å²) in [7, 11) is 0. The number of esters is 1. The van der Waals surface area contributed by atoms with Crippen molar-refractivity contribution < 1.29 is 14.3 Å². The van der Waals surface area contributed by atoms with Gasteiger partial charge in [-0.25, -0.2) is 4.79 Å². The Morgan fingerprint density at radius 2 is 1.00 bits per heavy atom. The topological polar surface area (TPSA) is 43.4 Å². The first-order chi connectivity index (χ1) is 14.3. The van der Waals surface area contributed by atoms with E-state index in [0.717, 1.165) is 21.5 Å². The third-order valence-corrected chi connectivity index (χ3v) is 6.38. The predicted octanol–water partition coefficient (Wildman–Crippen LogP) is 6.23. The van der Waals surface area contributed by atoms with Crippen LogP contribution in [0.1, 0.15) is 10.4 Å². The van der Waals surface area contributed by atoms with Crippen LogP contribution in [-0.2, 0) is 9.53 Å². The van der Waals surface area contributed by atoms with Gasteiger partial charge in [-0.05, 0) is 70.7 Å². The Morgan fingerprint density at radius 1 is 0.586 bits per heavy atom. The lowest BCUT2D eigenvalue weighted by Crippen LogP contribution is -2.05. The van der Waals surface area contributed by atoms with Gasteiger partial charge >= 0.3 is 12.4 Å². The molecular weight excluding hydrogens is 360 g/mol. The van der Waals surface area contributed by atoms with Crippen molar-refractivity contribution in [3.05, 3.63) is 72.3 Å². The molecule has 0 aliphatic carbocycles. The molecule has 3 nitrogen and oxygen atoms in total. The highest BCUT2D eigenvalue weighted by Crippen LogP contribution is 2.48. The maximum Gasteiger partial charge on any atom is 0.346 e. The zero-order valence-corrected chi connectivity index (χ0v) is 15.2. The lowest BCUT2D eigenvalue weighted by atomic mass is 9.82. The first-order valence-corrected chi connectivity index (χ1v) is 9.51. The quantitative estimate of drug-likeness (QED) is 0.119. The van der Waals surface area contributed by atoms with Gasteiger partial charge in [-0.1, -0.05) is 60.7 Å². The minimum atomic E-state index is -0.620. The third-order valence-electron chi connectivity index (χ3n) is 6.38. The monoisotopic (exact) mass is 372 g/mol. The van der Waals surface area contributed by atoms with E-state index in [2.05, 4.69) is 42.5 Å². The molecule has 0 fully saturated rings. The van der Waals surface area contributed by atoms with Crippen LogP contribution in [0.5, 0.6) is 0 Å². The number of hydrogen-bond donors (Lipinski definition) is 0. The molecule has 0 aliphatic heterocycles. The minimum absolute atomic E-state index is 0.197. The molecule has 0 radical (unpaired) electrons. The lowest BCUT2D eigenvalue weighted by molar-refractivity contribution is -0.123. The van der Waals surface area contributed by atoms with E-state index in [9.17, 15) is 9.59 Å². The summed E-state index contributed by atoms with van der Waals surface area (Å²) in [4.78, 5) is 23.4. The van der Waals surface area contributed by atoms with Gasteiger partial charge < -0.3 is 4.74 Å². The molecule has 7 aromatic carbocycles. The number of carbonyl (C=O) groups is 2. The Bertz CT molecular complexity index is 1700. The van der Waals surface area contributed by atoms with Crippen molar-refractivity contribution in [2.75, 3.05) is 0 Å². The second-order valence-corrected chi connectivity index (χ2v) is 7.67. The summed E-state index contributed by atoms with van der Waals surface area (Å²) in [5.41, 5.74) is 0.421. The second-order valence-electron chi connectivity index (χ2n) is 7.67. The van der Waals surface area contributed by atoms with Crippen molar-refractivity contribution in [1.29, 1.82) is 0 Å². The molecule has 0 saturated heterocycles. The molecule has 0 saturated carbocycles. The summed E-state index contributed by atoms with van der Waals surface area (Å²) in [5, 5.41) is 13.7. The molecule has 0 aromatic heterocycles. The molecule has 7 aromatic rings. The van der Waals surface area contributed by atoms with E-state index in [0.29, 0.717) is 5.56 Å². The van der Waals surface area contributed by atoms with Gasteiger partial charge in [0.05, 0.1) is 5.56 Å². The third kappa shape index (κ3) is 1.65. The van der Waals surface area contributed by atoms with Gasteiger partial charge in [0.25, 0.3) is 0 Å². The number of ether oxygens (including phenoxy) is 1. The Morgan fingerprint density at radius 3 is 1.52 bits per heavy atom. The van der Waals surface area contributed by atoms with E-state index >= 15 is 0 Å². The van der Waals surface area contributed by atoms with Gasteiger partial charge in [-0.15, -0.1) is 0 Å². The summed E-state index contributed by atoms with van der Waals surface area (Å²) >= 11 is 0. The SMILES string of the molecule is O=COC(=O)c1cc2ccc3ccc4ccc5ccc6ccc1c1c6c5c4c3c21. The molecule has 0 unspecified atom stereocenters. The molecule has 0 amide bonds. The summed E-state index contributed by atoms with van der Waals surface area (Å²) in [6.07, 6.45) is 0. The standard InChI is InChI=1S/C26H12O3/c27-12-29-26(28)19-11-17-8-7-15-4-2-13-1-3-14-5-6-16-9-10-18(19)25-23(16)21(14)20(13)22(15)24(17)25/h1-12H. The molecule has 0 heterocycles. The smallest absolute Gasteiger partial charge is 0.346 e. The maximum atomic E-state index is 12.6. The lowest BCUT2D eigenvalue weighted by Gasteiger charge is -2.21. The molecule has 0 atom stereocenters. The van der Waals surface area contributed by atoms with Crippen LogP contribution in [0.25, 0.3) is 64.6 Å². The molecule has 0 spiro atoms. The fourth-order valence-electron chi connectivity index (χ4n) is 5.26. The van der Waals surface area contributed by atoms with Crippen LogP contribution < -0.4 is 0 Å². The highest BCUT2D eigenvalue weighted by atomic mass is 16.6. The van der Waals surface area contributed by atoms with E-state index in [-0.39, 0.29) is 6.47 Å². The van der Waals surface area contributed by atoms with Crippen LogP contribution in [0.4, 0.5) is 0 Å². The van der Waals surface area contributed by atoms with Crippen LogP contribution >= 0.6 is 0 Å². The van der Waals surface area contributed by atoms with E-state index in [1.54, 1.807) is 0 Å². The predicted molar refractivity (Wildman–Crippen MR) is 117 cm³/mol. The van der Waals surface area contributed by atoms with Crippen LogP contribution in [0.2, 0.25) is 0 Å². The first kappa shape index (κ1) is 15.0. The zero-order valence-electron chi connectivity index (χ0n) is 15.2. The molecular formula is C26H12O3. The number of hydrogen-bond acceptors (Lipinski definition) is 3. The van der Waals surface area contributed by atoms with Crippen molar-refractivity contribution in [2.45, 2.75) is 0 Å². The maximum absolute atomic E-state index is 12.6. The summed E-state index contributed by atoms with van der Waals surface area (Å²) < 4.78 is 4.72. The normalized spacial score (nSPS) is 12.4. The Kier molecular flexibility index (Phi) is 2.53. The average Bonchev–Trinajstić information content (AvgIpc) is 2.76. The van der Waals surface area contributed by atoms with E-state index < -0.39 is 5.97 Å². The van der Waals surface area contributed by atoms with Gasteiger partial charge in [-0.3, -0.25) is 4.79 Å². The van der Waals surface area contributed by atoms with Gasteiger partial charge in [0.15, 0.2) is 0 Å². The van der Waals surface area contributed by atoms with Crippen LogP contribution in [0.15, 0.2) is 66.7 Å². The fraction of sp³-hybridized carbons (Fsp3) is 0. The van der Waals surface area contributed by atoms with Gasteiger partial charge in [0.1, 0.15) is 0 Å². The van der Waals surface area contributed by atoms with Crippen molar-refractivity contribution in [1.82, 2.24) is 0 Å². The van der Waals surface area contributed by atoms with Crippen molar-refractivity contribution in [2.24, 2.45) is 0 Å². The minimum Gasteiger partial charge on any atom is -0.392 e. The van der Waals surface area contributed by atoms with Crippen molar-refractivity contribution >= 4 is 77.1 Å². The average molecular weight is 372 g/mol. The summed E-state index contributed by atoms with van der Waals surface area (Å²) in [6.45, 7) is 0.197. The van der Waals surface area contributed by atoms with Gasteiger partial charge in [0, 0.05) is 0 Å². The molecule has 29 heavy (non-hydrogen) atoms. The Labute approximate surface area is 164 Å². The fourth-order valence-corrected chi connectivity index (χ4v) is 5.26. The van der Waals surface area contributed by atoms with Gasteiger partial charge in [0.2, 0.25) is 0 Å². The van der Waals surface area contributed by atoms with Crippen LogP contribution in [0, 0.1) is 0 Å². The molecule has 0 bridgehead atoms. The molecule has 3 heteroatoms. The number of carbonyl (C=O) groups excluding carboxylic acids is 2. The highest BCUT2D eigenvalue weighted by Gasteiger charge is 2.23. The van der Waals surface area contributed by atoms with Crippen LogP contribution in [0.3, 0.4) is 0 Å². The Balaban J connectivity index is 1.91.